The van der Waals surface area contributed by atoms with E-state index in [1.807, 2.05) is 60.7 Å². The largest absolute Gasteiger partial charge is 0.383 e. The van der Waals surface area contributed by atoms with Crippen LogP contribution >= 0.6 is 0 Å². The van der Waals surface area contributed by atoms with Crippen LogP contribution in [0.4, 0.5) is 0 Å². The molecule has 0 aliphatic carbocycles. The first-order chi connectivity index (χ1) is 13.9. The molecule has 1 unspecified atom stereocenters. The van der Waals surface area contributed by atoms with E-state index in [-0.39, 0.29) is 11.5 Å². The van der Waals surface area contributed by atoms with Crippen molar-refractivity contribution >= 4 is 12.1 Å². The van der Waals surface area contributed by atoms with Gasteiger partial charge in [-0.05, 0) is 23.3 Å². The number of rotatable bonds is 6. The maximum Gasteiger partial charge on any atom is 0.254 e. The molecule has 0 saturated carbocycles. The molecule has 0 fully saturated rings. The molecule has 1 N–H and O–H groups in total. The number of nitrogens with zero attached hydrogens (tertiary/aromatic N) is 3. The lowest BCUT2D eigenvalue weighted by Gasteiger charge is -2.37. The highest BCUT2D eigenvalue weighted by molar-refractivity contribution is 6.00. The van der Waals surface area contributed by atoms with E-state index in [4.69, 9.17) is 4.84 Å². The zero-order chi connectivity index (χ0) is 20.9. The third kappa shape index (κ3) is 4.38. The second kappa shape index (κ2) is 8.75. The quantitative estimate of drug-likeness (QED) is 0.607. The van der Waals surface area contributed by atoms with Gasteiger partial charge in [0.15, 0.2) is 6.10 Å². The van der Waals surface area contributed by atoms with Crippen molar-refractivity contribution in [3.8, 4) is 0 Å². The molecule has 3 rings (SSSR count). The number of hydrogen-bond donors (Lipinski definition) is 1. The molecule has 1 amide bonds. The predicted molar refractivity (Wildman–Crippen MR) is 113 cm³/mol. The second-order valence-corrected chi connectivity index (χ2v) is 7.00. The van der Waals surface area contributed by atoms with E-state index in [0.717, 1.165) is 11.1 Å². The van der Waals surface area contributed by atoms with Crippen molar-refractivity contribution in [1.82, 2.24) is 9.80 Å². The van der Waals surface area contributed by atoms with Gasteiger partial charge in [0.05, 0.1) is 5.57 Å². The van der Waals surface area contributed by atoms with E-state index in [1.54, 1.807) is 39.5 Å². The minimum Gasteiger partial charge on any atom is -0.383 e. The number of carbonyl (C=O) groups is 1. The Morgan fingerprint density at radius 3 is 2.17 bits per heavy atom. The standard InChI is InChI=1S/C23H25N3O3/c1-25(2)22(27)20-15-10-16-26(3)23(20,28)17-24-29-21(18-11-6-4-7-12-18)19-13-8-5-9-14-19/h4-17,21,28H,1-3H3. The molecule has 2 aromatic carbocycles. The van der Waals surface area contributed by atoms with Crippen LogP contribution < -0.4 is 0 Å². The van der Waals surface area contributed by atoms with Crippen LogP contribution in [0, 0.1) is 0 Å². The minimum absolute atomic E-state index is 0.191. The molecule has 1 aliphatic heterocycles. The normalized spacial score (nSPS) is 18.8. The zero-order valence-corrected chi connectivity index (χ0v) is 16.8. The average Bonchev–Trinajstić information content (AvgIpc) is 2.74. The summed E-state index contributed by atoms with van der Waals surface area (Å²) in [6.07, 6.45) is 5.77. The lowest BCUT2D eigenvalue weighted by Crippen LogP contribution is -2.52. The SMILES string of the molecule is CN(C)C(=O)C1=CC=CN(C)C1(O)C=NOC(c1ccccc1)c1ccccc1. The van der Waals surface area contributed by atoms with Crippen LogP contribution in [0.25, 0.3) is 0 Å². The summed E-state index contributed by atoms with van der Waals surface area (Å²) >= 11 is 0. The Hall–Kier alpha value is -3.38. The number of oxime groups is 1. The predicted octanol–water partition coefficient (Wildman–Crippen LogP) is 2.94. The molecular formula is C23H25N3O3. The van der Waals surface area contributed by atoms with Gasteiger partial charge in [-0.2, -0.15) is 0 Å². The van der Waals surface area contributed by atoms with Gasteiger partial charge >= 0.3 is 0 Å². The highest BCUT2D eigenvalue weighted by atomic mass is 16.6. The minimum atomic E-state index is -1.71. The summed E-state index contributed by atoms with van der Waals surface area (Å²) in [5.74, 6) is -0.308. The van der Waals surface area contributed by atoms with Gasteiger partial charge in [0.25, 0.3) is 5.91 Å². The van der Waals surface area contributed by atoms with Crippen LogP contribution in [0.3, 0.4) is 0 Å². The first-order valence-electron chi connectivity index (χ1n) is 9.29. The summed E-state index contributed by atoms with van der Waals surface area (Å²) < 4.78 is 0. The number of benzene rings is 2. The lowest BCUT2D eigenvalue weighted by atomic mass is 9.98. The van der Waals surface area contributed by atoms with E-state index in [2.05, 4.69) is 5.16 Å². The smallest absolute Gasteiger partial charge is 0.254 e. The van der Waals surface area contributed by atoms with Crippen molar-refractivity contribution in [1.29, 1.82) is 0 Å². The molecule has 1 heterocycles. The zero-order valence-electron chi connectivity index (χ0n) is 16.8. The molecule has 1 atom stereocenters. The number of carbonyl (C=O) groups excluding carboxylic acids is 1. The Kier molecular flexibility index (Phi) is 6.14. The Bertz CT molecular complexity index is 883. The van der Waals surface area contributed by atoms with E-state index in [0.29, 0.717) is 0 Å². The molecular weight excluding hydrogens is 366 g/mol. The summed E-state index contributed by atoms with van der Waals surface area (Å²) in [5.41, 5.74) is 0.337. The summed E-state index contributed by atoms with van der Waals surface area (Å²) in [6, 6.07) is 19.4. The van der Waals surface area contributed by atoms with Crippen LogP contribution in [0.2, 0.25) is 0 Å². The van der Waals surface area contributed by atoms with Crippen molar-refractivity contribution in [2.24, 2.45) is 5.16 Å². The third-order valence-electron chi connectivity index (χ3n) is 4.75. The number of likely N-dealkylation sites (N-methyl/N-ethyl adjacent to an activating group) is 2. The summed E-state index contributed by atoms with van der Waals surface area (Å²) in [4.78, 5) is 21.3. The summed E-state index contributed by atoms with van der Waals surface area (Å²) in [7, 11) is 4.94. The maximum atomic E-state index is 12.5. The fourth-order valence-corrected chi connectivity index (χ4v) is 3.06. The van der Waals surface area contributed by atoms with Crippen LogP contribution in [-0.4, -0.2) is 53.9 Å². The number of hydrogen-bond acceptors (Lipinski definition) is 5. The summed E-state index contributed by atoms with van der Waals surface area (Å²) in [5, 5.41) is 15.3. The summed E-state index contributed by atoms with van der Waals surface area (Å²) in [6.45, 7) is 0. The number of amides is 1. The fourth-order valence-electron chi connectivity index (χ4n) is 3.06. The molecule has 0 aromatic heterocycles. The maximum absolute atomic E-state index is 12.5. The molecule has 0 spiro atoms. The fraction of sp³-hybridized carbons (Fsp3) is 0.217. The van der Waals surface area contributed by atoms with Crippen LogP contribution in [0.1, 0.15) is 17.2 Å². The van der Waals surface area contributed by atoms with Gasteiger partial charge in [-0.15, -0.1) is 0 Å². The van der Waals surface area contributed by atoms with Crippen molar-refractivity contribution in [2.75, 3.05) is 21.1 Å². The molecule has 6 heteroatoms. The highest BCUT2D eigenvalue weighted by Gasteiger charge is 2.40. The van der Waals surface area contributed by atoms with Crippen molar-refractivity contribution in [3.05, 3.63) is 95.7 Å². The number of aliphatic hydroxyl groups is 1. The van der Waals surface area contributed by atoms with E-state index in [1.165, 1.54) is 16.0 Å². The van der Waals surface area contributed by atoms with Gasteiger partial charge in [-0.3, -0.25) is 4.79 Å². The first kappa shape index (κ1) is 20.4. The van der Waals surface area contributed by atoms with Gasteiger partial charge < -0.3 is 19.7 Å². The van der Waals surface area contributed by atoms with Gasteiger partial charge in [0.1, 0.15) is 6.21 Å². The first-order valence-corrected chi connectivity index (χ1v) is 9.29. The molecule has 0 radical (unpaired) electrons. The topological polar surface area (TPSA) is 65.4 Å². The van der Waals surface area contributed by atoms with Crippen LogP contribution in [-0.2, 0) is 9.63 Å². The van der Waals surface area contributed by atoms with Crippen molar-refractivity contribution in [2.45, 2.75) is 11.8 Å². The van der Waals surface area contributed by atoms with E-state index < -0.39 is 11.8 Å². The van der Waals surface area contributed by atoms with Crippen molar-refractivity contribution in [3.63, 3.8) is 0 Å². The molecule has 0 bridgehead atoms. The van der Waals surface area contributed by atoms with E-state index >= 15 is 0 Å². The molecule has 150 valence electrons. The van der Waals surface area contributed by atoms with Gasteiger partial charge in [-0.25, -0.2) is 0 Å². The molecule has 2 aromatic rings. The van der Waals surface area contributed by atoms with Gasteiger partial charge in [-0.1, -0.05) is 65.8 Å². The highest BCUT2D eigenvalue weighted by Crippen LogP contribution is 2.28. The van der Waals surface area contributed by atoms with Gasteiger partial charge in [0, 0.05) is 27.3 Å². The Labute approximate surface area is 171 Å². The molecule has 6 nitrogen and oxygen atoms in total. The van der Waals surface area contributed by atoms with Crippen LogP contribution in [0.15, 0.2) is 89.7 Å². The average molecular weight is 391 g/mol. The monoisotopic (exact) mass is 391 g/mol. The molecule has 0 saturated heterocycles. The van der Waals surface area contributed by atoms with E-state index in [9.17, 15) is 9.90 Å². The van der Waals surface area contributed by atoms with Crippen molar-refractivity contribution < 1.29 is 14.7 Å². The van der Waals surface area contributed by atoms with Crippen LogP contribution in [0.5, 0.6) is 0 Å². The second-order valence-electron chi connectivity index (χ2n) is 7.00. The Morgan fingerprint density at radius 1 is 1.10 bits per heavy atom. The Morgan fingerprint density at radius 2 is 1.66 bits per heavy atom. The molecule has 29 heavy (non-hydrogen) atoms. The Balaban J connectivity index is 1.89. The number of allylic oxidation sites excluding steroid dienone is 2. The third-order valence-corrected chi connectivity index (χ3v) is 4.75. The lowest BCUT2D eigenvalue weighted by molar-refractivity contribution is -0.127. The van der Waals surface area contributed by atoms with Gasteiger partial charge in [0.2, 0.25) is 5.72 Å². The molecule has 1 aliphatic rings.